The van der Waals surface area contributed by atoms with Crippen LogP contribution in [0, 0.1) is 6.92 Å². The van der Waals surface area contributed by atoms with E-state index in [9.17, 15) is 0 Å². The highest BCUT2D eigenvalue weighted by Crippen LogP contribution is 2.34. The molecule has 1 aromatic carbocycles. The van der Waals surface area contributed by atoms with Gasteiger partial charge in [0.2, 0.25) is 0 Å². The lowest BCUT2D eigenvalue weighted by atomic mass is 9.88. The normalized spacial score (nSPS) is 18.1. The lowest BCUT2D eigenvalue weighted by molar-refractivity contribution is 0.299. The second-order valence-corrected chi connectivity index (χ2v) is 5.94. The smallest absolute Gasteiger partial charge is 0.140 e. The molecule has 0 spiro atoms. The lowest BCUT2D eigenvalue weighted by Crippen LogP contribution is -2.18. The van der Waals surface area contributed by atoms with E-state index in [1.165, 1.54) is 11.1 Å². The van der Waals surface area contributed by atoms with E-state index in [0.29, 0.717) is 6.61 Å². The van der Waals surface area contributed by atoms with Crippen molar-refractivity contribution in [3.05, 3.63) is 45.4 Å². The van der Waals surface area contributed by atoms with E-state index >= 15 is 0 Å². The van der Waals surface area contributed by atoms with Crippen molar-refractivity contribution in [1.29, 1.82) is 0 Å². The predicted octanol–water partition coefficient (Wildman–Crippen LogP) is 3.37. The van der Waals surface area contributed by atoms with Crippen LogP contribution in [0.3, 0.4) is 0 Å². The Kier molecular flexibility index (Phi) is 3.53. The fourth-order valence-corrected chi connectivity index (χ4v) is 3.28. The number of benzene rings is 1. The van der Waals surface area contributed by atoms with Crippen molar-refractivity contribution in [1.82, 2.24) is 4.98 Å². The summed E-state index contributed by atoms with van der Waals surface area (Å²) in [6.45, 7) is 2.55. The molecule has 0 fully saturated rings. The molecule has 0 saturated carbocycles. The van der Waals surface area contributed by atoms with Crippen LogP contribution in [-0.2, 0) is 13.0 Å². The van der Waals surface area contributed by atoms with Crippen LogP contribution in [-0.4, -0.2) is 4.98 Å². The number of hydrogen-bond donors (Lipinski definition) is 1. The minimum Gasteiger partial charge on any atom is -0.486 e. The third-order valence-corrected chi connectivity index (χ3v) is 4.47. The minimum atomic E-state index is 0.161. The summed E-state index contributed by atoms with van der Waals surface area (Å²) in [6, 6.07) is 6.36. The molecule has 3 rings (SSSR count). The largest absolute Gasteiger partial charge is 0.486 e. The number of aryl methyl sites for hydroxylation is 1. The number of nitrogens with zero attached hydrogens (tertiary/aromatic N) is 1. The summed E-state index contributed by atoms with van der Waals surface area (Å²) in [5.74, 6) is 0.973. The van der Waals surface area contributed by atoms with Crippen molar-refractivity contribution < 1.29 is 4.74 Å². The molecule has 2 aromatic rings. The maximum atomic E-state index is 6.16. The molecule has 1 unspecified atom stereocenters. The highest BCUT2D eigenvalue weighted by atomic mass is 32.1. The summed E-state index contributed by atoms with van der Waals surface area (Å²) >= 11 is 1.65. The SMILES string of the molecule is Cc1csc(COc2cccc3c2CCCC3N)n1. The Balaban J connectivity index is 1.79. The molecule has 0 amide bonds. The van der Waals surface area contributed by atoms with Crippen molar-refractivity contribution >= 4 is 11.3 Å². The monoisotopic (exact) mass is 274 g/mol. The topological polar surface area (TPSA) is 48.1 Å². The van der Waals surface area contributed by atoms with Gasteiger partial charge in [0.15, 0.2) is 0 Å². The van der Waals surface area contributed by atoms with E-state index < -0.39 is 0 Å². The summed E-state index contributed by atoms with van der Waals surface area (Å²) in [6.07, 6.45) is 3.28. The van der Waals surface area contributed by atoms with Crippen LogP contribution in [0.25, 0.3) is 0 Å². The standard InChI is InChI=1S/C15H18N2OS/c1-10-9-19-15(17-10)8-18-14-7-3-4-11-12(14)5-2-6-13(11)16/h3-4,7,9,13H,2,5-6,8,16H2,1H3. The highest BCUT2D eigenvalue weighted by molar-refractivity contribution is 7.09. The molecular weight excluding hydrogens is 256 g/mol. The molecule has 1 aliphatic rings. The molecule has 0 aliphatic heterocycles. The van der Waals surface area contributed by atoms with Gasteiger partial charge in [-0.3, -0.25) is 0 Å². The minimum absolute atomic E-state index is 0.161. The van der Waals surface area contributed by atoms with Crippen LogP contribution < -0.4 is 10.5 Å². The van der Waals surface area contributed by atoms with Crippen LogP contribution in [0.5, 0.6) is 5.75 Å². The van der Waals surface area contributed by atoms with Crippen LogP contribution in [0.15, 0.2) is 23.6 Å². The molecule has 1 aromatic heterocycles. The van der Waals surface area contributed by atoms with Gasteiger partial charge in [0, 0.05) is 17.1 Å². The second-order valence-electron chi connectivity index (χ2n) is 4.99. The number of hydrogen-bond acceptors (Lipinski definition) is 4. The van der Waals surface area contributed by atoms with Gasteiger partial charge in [0.25, 0.3) is 0 Å². The van der Waals surface area contributed by atoms with Crippen LogP contribution in [0.2, 0.25) is 0 Å². The van der Waals surface area contributed by atoms with E-state index in [1.54, 1.807) is 11.3 Å². The first-order valence-electron chi connectivity index (χ1n) is 6.65. The van der Waals surface area contributed by atoms with Gasteiger partial charge in [-0.25, -0.2) is 4.98 Å². The van der Waals surface area contributed by atoms with Gasteiger partial charge in [-0.2, -0.15) is 0 Å². The van der Waals surface area contributed by atoms with Gasteiger partial charge in [-0.1, -0.05) is 12.1 Å². The van der Waals surface area contributed by atoms with E-state index in [0.717, 1.165) is 35.7 Å². The summed E-state index contributed by atoms with van der Waals surface area (Å²) in [4.78, 5) is 4.42. The Morgan fingerprint density at radius 2 is 2.37 bits per heavy atom. The molecule has 0 saturated heterocycles. The molecule has 3 nitrogen and oxygen atoms in total. The Morgan fingerprint density at radius 3 is 3.16 bits per heavy atom. The number of thiazole rings is 1. The quantitative estimate of drug-likeness (QED) is 0.933. The number of ether oxygens (including phenoxy) is 1. The first kappa shape index (κ1) is 12.6. The average Bonchev–Trinajstić information content (AvgIpc) is 2.83. The van der Waals surface area contributed by atoms with Gasteiger partial charge >= 0.3 is 0 Å². The molecule has 4 heteroatoms. The molecule has 0 radical (unpaired) electrons. The van der Waals surface area contributed by atoms with Gasteiger partial charge in [0.05, 0.1) is 0 Å². The zero-order chi connectivity index (χ0) is 13.2. The van der Waals surface area contributed by atoms with Crippen molar-refractivity contribution in [3.8, 4) is 5.75 Å². The number of rotatable bonds is 3. The third-order valence-electron chi connectivity index (χ3n) is 3.53. The van der Waals surface area contributed by atoms with Crippen LogP contribution in [0.1, 0.15) is 40.7 Å². The van der Waals surface area contributed by atoms with Crippen molar-refractivity contribution in [2.75, 3.05) is 0 Å². The Morgan fingerprint density at radius 1 is 1.47 bits per heavy atom. The molecule has 2 N–H and O–H groups in total. The molecule has 1 heterocycles. The second kappa shape index (κ2) is 5.31. The Bertz CT molecular complexity index is 579. The first-order chi connectivity index (χ1) is 9.24. The zero-order valence-corrected chi connectivity index (χ0v) is 11.9. The van der Waals surface area contributed by atoms with Gasteiger partial charge in [0.1, 0.15) is 17.4 Å². The van der Waals surface area contributed by atoms with E-state index in [1.807, 2.05) is 19.1 Å². The fourth-order valence-electron chi connectivity index (χ4n) is 2.60. The summed E-state index contributed by atoms with van der Waals surface area (Å²) < 4.78 is 5.94. The number of fused-ring (bicyclic) bond motifs is 1. The highest BCUT2D eigenvalue weighted by Gasteiger charge is 2.19. The maximum absolute atomic E-state index is 6.16. The summed E-state index contributed by atoms with van der Waals surface area (Å²) in [5.41, 5.74) is 9.75. The van der Waals surface area contributed by atoms with E-state index in [-0.39, 0.29) is 6.04 Å². The fraction of sp³-hybridized carbons (Fsp3) is 0.400. The van der Waals surface area contributed by atoms with Crippen molar-refractivity contribution in [3.63, 3.8) is 0 Å². The molecule has 100 valence electrons. The zero-order valence-electron chi connectivity index (χ0n) is 11.1. The van der Waals surface area contributed by atoms with E-state index in [4.69, 9.17) is 10.5 Å². The first-order valence-corrected chi connectivity index (χ1v) is 7.53. The van der Waals surface area contributed by atoms with Crippen molar-refractivity contribution in [2.45, 2.75) is 38.8 Å². The van der Waals surface area contributed by atoms with Gasteiger partial charge in [-0.05, 0) is 43.4 Å². The van der Waals surface area contributed by atoms with Crippen molar-refractivity contribution in [2.24, 2.45) is 5.73 Å². The maximum Gasteiger partial charge on any atom is 0.140 e. The predicted molar refractivity (Wildman–Crippen MR) is 77.5 cm³/mol. The molecule has 1 aliphatic carbocycles. The Labute approximate surface area is 117 Å². The summed E-state index contributed by atoms with van der Waals surface area (Å²) in [7, 11) is 0. The Hall–Kier alpha value is -1.39. The lowest BCUT2D eigenvalue weighted by Gasteiger charge is -2.24. The third kappa shape index (κ3) is 2.65. The van der Waals surface area contributed by atoms with Gasteiger partial charge in [-0.15, -0.1) is 11.3 Å². The number of aromatic nitrogens is 1. The molecular formula is C15H18N2OS. The van der Waals surface area contributed by atoms with Crippen LogP contribution >= 0.6 is 11.3 Å². The molecule has 19 heavy (non-hydrogen) atoms. The van der Waals surface area contributed by atoms with Gasteiger partial charge < -0.3 is 10.5 Å². The number of nitrogens with two attached hydrogens (primary N) is 1. The van der Waals surface area contributed by atoms with Crippen LogP contribution in [0.4, 0.5) is 0 Å². The van der Waals surface area contributed by atoms with E-state index in [2.05, 4.69) is 16.4 Å². The molecule has 1 atom stereocenters. The molecule has 0 bridgehead atoms. The average molecular weight is 274 g/mol. The summed E-state index contributed by atoms with van der Waals surface area (Å²) in [5, 5.41) is 3.07.